The van der Waals surface area contributed by atoms with Gasteiger partial charge in [-0.1, -0.05) is 27.2 Å². The molecular weight excluding hydrogens is 228 g/mol. The van der Waals surface area contributed by atoms with Crippen molar-refractivity contribution in [3.63, 3.8) is 0 Å². The zero-order valence-electron chi connectivity index (χ0n) is 12.0. The minimum atomic E-state index is -0.646. The lowest BCUT2D eigenvalue weighted by Gasteiger charge is -2.37. The average molecular weight is 256 g/mol. The van der Waals surface area contributed by atoms with Crippen molar-refractivity contribution in [2.45, 2.75) is 46.1 Å². The van der Waals surface area contributed by atoms with Crippen LogP contribution in [-0.4, -0.2) is 48.2 Å². The molecule has 0 bridgehead atoms. The average Bonchev–Trinajstić information content (AvgIpc) is 2.33. The number of carboxylic acid groups (broad SMARTS) is 1. The highest BCUT2D eigenvalue weighted by atomic mass is 16.4. The Balaban J connectivity index is 2.48. The van der Waals surface area contributed by atoms with E-state index < -0.39 is 5.97 Å². The molecule has 1 aliphatic heterocycles. The molecular formula is C14H28N2O2. The Hall–Kier alpha value is -0.610. The normalized spacial score (nSPS) is 25.6. The van der Waals surface area contributed by atoms with Crippen LogP contribution in [0.4, 0.5) is 0 Å². The predicted molar refractivity (Wildman–Crippen MR) is 73.7 cm³/mol. The number of hydrogen-bond donors (Lipinski definition) is 2. The summed E-state index contributed by atoms with van der Waals surface area (Å²) in [6.45, 7) is 10.2. The quantitative estimate of drug-likeness (QED) is 0.729. The molecule has 2 unspecified atom stereocenters. The maximum atomic E-state index is 11.2. The molecule has 0 spiro atoms. The monoisotopic (exact) mass is 256 g/mol. The largest absolute Gasteiger partial charge is 0.481 e. The third kappa shape index (κ3) is 5.36. The van der Waals surface area contributed by atoms with Gasteiger partial charge in [-0.2, -0.15) is 0 Å². The van der Waals surface area contributed by atoms with Crippen molar-refractivity contribution in [1.29, 1.82) is 0 Å². The van der Waals surface area contributed by atoms with Crippen LogP contribution in [0.1, 0.15) is 40.0 Å². The zero-order valence-corrected chi connectivity index (χ0v) is 12.0. The number of likely N-dealkylation sites (tertiary alicyclic amines) is 1. The predicted octanol–water partition coefficient (Wildman–Crippen LogP) is 1.81. The van der Waals surface area contributed by atoms with Crippen LogP contribution in [0.3, 0.4) is 0 Å². The smallest absolute Gasteiger partial charge is 0.307 e. The summed E-state index contributed by atoms with van der Waals surface area (Å²) in [5.74, 6) is -0.243. The number of carboxylic acids is 1. The topological polar surface area (TPSA) is 52.6 Å². The van der Waals surface area contributed by atoms with Crippen LogP contribution in [0.25, 0.3) is 0 Å². The number of unbranched alkanes of at least 4 members (excludes halogenated alkanes) is 1. The molecule has 0 amide bonds. The number of piperidine rings is 1. The van der Waals surface area contributed by atoms with Gasteiger partial charge in [-0.25, -0.2) is 0 Å². The lowest BCUT2D eigenvalue weighted by Crippen LogP contribution is -2.51. The van der Waals surface area contributed by atoms with Crippen molar-refractivity contribution >= 4 is 5.97 Å². The summed E-state index contributed by atoms with van der Waals surface area (Å²) in [4.78, 5) is 13.5. The second kappa shape index (κ2) is 7.74. The summed E-state index contributed by atoms with van der Waals surface area (Å²) in [6, 6.07) is 0.333. The Kier molecular flexibility index (Phi) is 6.65. The molecule has 18 heavy (non-hydrogen) atoms. The van der Waals surface area contributed by atoms with E-state index in [1.54, 1.807) is 0 Å². The molecule has 106 valence electrons. The van der Waals surface area contributed by atoms with Crippen LogP contribution < -0.4 is 5.32 Å². The molecule has 0 aromatic carbocycles. The first-order chi connectivity index (χ1) is 8.52. The summed E-state index contributed by atoms with van der Waals surface area (Å²) in [5.41, 5.74) is 0. The van der Waals surface area contributed by atoms with Gasteiger partial charge in [0.1, 0.15) is 0 Å². The Morgan fingerprint density at radius 1 is 1.44 bits per heavy atom. The fourth-order valence-electron chi connectivity index (χ4n) is 2.48. The number of nitrogens with one attached hydrogen (secondary N) is 1. The van der Waals surface area contributed by atoms with E-state index in [9.17, 15) is 9.90 Å². The molecule has 1 heterocycles. The van der Waals surface area contributed by atoms with Crippen LogP contribution >= 0.6 is 0 Å². The first kappa shape index (κ1) is 15.4. The van der Waals surface area contributed by atoms with Gasteiger partial charge in [-0.3, -0.25) is 4.79 Å². The molecule has 0 aromatic rings. The van der Waals surface area contributed by atoms with Crippen LogP contribution in [0, 0.1) is 11.8 Å². The molecule has 4 nitrogen and oxygen atoms in total. The van der Waals surface area contributed by atoms with Gasteiger partial charge in [0.05, 0.1) is 5.92 Å². The van der Waals surface area contributed by atoms with Crippen LogP contribution in [-0.2, 0) is 4.79 Å². The number of hydrogen-bond acceptors (Lipinski definition) is 3. The number of carbonyl (C=O) groups is 1. The lowest BCUT2D eigenvalue weighted by molar-refractivity contribution is -0.144. The first-order valence-electron chi connectivity index (χ1n) is 7.21. The molecule has 1 aliphatic rings. The van der Waals surface area contributed by atoms with Crippen molar-refractivity contribution in [2.75, 3.05) is 26.2 Å². The van der Waals surface area contributed by atoms with E-state index in [1.165, 1.54) is 6.42 Å². The van der Waals surface area contributed by atoms with Crippen molar-refractivity contribution in [2.24, 2.45) is 11.8 Å². The van der Waals surface area contributed by atoms with Gasteiger partial charge in [-0.15, -0.1) is 0 Å². The summed E-state index contributed by atoms with van der Waals surface area (Å²) in [5, 5.41) is 12.7. The van der Waals surface area contributed by atoms with E-state index in [-0.39, 0.29) is 5.92 Å². The standard InChI is InChI=1S/C14H28N2O2/c1-4-5-6-16-9-12(14(17)18)7-13(10-16)15-8-11(2)3/h11-13,15H,4-10H2,1-3H3,(H,17,18). The molecule has 1 fully saturated rings. The van der Waals surface area contributed by atoms with Gasteiger partial charge in [0.15, 0.2) is 0 Å². The molecule has 1 saturated heterocycles. The molecule has 0 radical (unpaired) electrons. The van der Waals surface area contributed by atoms with E-state index in [1.807, 2.05) is 0 Å². The van der Waals surface area contributed by atoms with Crippen molar-refractivity contribution in [3.8, 4) is 0 Å². The van der Waals surface area contributed by atoms with Crippen LogP contribution in [0.15, 0.2) is 0 Å². The molecule has 2 atom stereocenters. The summed E-state index contributed by atoms with van der Waals surface area (Å²) < 4.78 is 0. The van der Waals surface area contributed by atoms with E-state index in [2.05, 4.69) is 31.0 Å². The van der Waals surface area contributed by atoms with Gasteiger partial charge in [0.25, 0.3) is 0 Å². The highest BCUT2D eigenvalue weighted by molar-refractivity contribution is 5.70. The third-order valence-electron chi connectivity index (χ3n) is 3.52. The molecule has 0 aliphatic carbocycles. The second-order valence-corrected chi connectivity index (χ2v) is 5.88. The van der Waals surface area contributed by atoms with Crippen molar-refractivity contribution < 1.29 is 9.90 Å². The van der Waals surface area contributed by atoms with Crippen LogP contribution in [0.5, 0.6) is 0 Å². The SMILES string of the molecule is CCCCN1CC(NCC(C)C)CC(C(=O)O)C1. The fraction of sp³-hybridized carbons (Fsp3) is 0.929. The highest BCUT2D eigenvalue weighted by Crippen LogP contribution is 2.18. The molecule has 0 saturated carbocycles. The van der Waals surface area contributed by atoms with Crippen LogP contribution in [0.2, 0.25) is 0 Å². The number of nitrogens with zero attached hydrogens (tertiary/aromatic N) is 1. The summed E-state index contributed by atoms with van der Waals surface area (Å²) in [7, 11) is 0. The maximum absolute atomic E-state index is 11.2. The summed E-state index contributed by atoms with van der Waals surface area (Å²) >= 11 is 0. The highest BCUT2D eigenvalue weighted by Gasteiger charge is 2.30. The number of aliphatic carboxylic acids is 1. The molecule has 1 rings (SSSR count). The van der Waals surface area contributed by atoms with Gasteiger partial charge >= 0.3 is 5.97 Å². The summed E-state index contributed by atoms with van der Waals surface area (Å²) in [6.07, 6.45) is 3.09. The molecule has 0 aromatic heterocycles. The first-order valence-corrected chi connectivity index (χ1v) is 7.21. The Bertz CT molecular complexity index is 256. The molecule has 2 N–H and O–H groups in total. The maximum Gasteiger partial charge on any atom is 0.307 e. The van der Waals surface area contributed by atoms with E-state index in [4.69, 9.17) is 0 Å². The second-order valence-electron chi connectivity index (χ2n) is 5.88. The van der Waals surface area contributed by atoms with Gasteiger partial charge in [0.2, 0.25) is 0 Å². The minimum absolute atomic E-state index is 0.208. The Morgan fingerprint density at radius 3 is 2.72 bits per heavy atom. The van der Waals surface area contributed by atoms with Gasteiger partial charge < -0.3 is 15.3 Å². The minimum Gasteiger partial charge on any atom is -0.481 e. The van der Waals surface area contributed by atoms with E-state index in [0.717, 1.165) is 39.0 Å². The molecule has 4 heteroatoms. The number of rotatable bonds is 7. The van der Waals surface area contributed by atoms with Gasteiger partial charge in [-0.05, 0) is 31.8 Å². The fourth-order valence-corrected chi connectivity index (χ4v) is 2.48. The van der Waals surface area contributed by atoms with Crippen molar-refractivity contribution in [3.05, 3.63) is 0 Å². The Morgan fingerprint density at radius 2 is 2.17 bits per heavy atom. The van der Waals surface area contributed by atoms with Gasteiger partial charge in [0, 0.05) is 19.1 Å². The zero-order chi connectivity index (χ0) is 13.5. The lowest BCUT2D eigenvalue weighted by atomic mass is 9.93. The third-order valence-corrected chi connectivity index (χ3v) is 3.52. The van der Waals surface area contributed by atoms with E-state index >= 15 is 0 Å². The van der Waals surface area contributed by atoms with E-state index in [0.29, 0.717) is 12.0 Å². The van der Waals surface area contributed by atoms with Crippen molar-refractivity contribution in [1.82, 2.24) is 10.2 Å². The Labute approximate surface area is 111 Å².